The van der Waals surface area contributed by atoms with Crippen LogP contribution in [0, 0.1) is 6.92 Å². The van der Waals surface area contributed by atoms with E-state index in [1.807, 2.05) is 0 Å². The van der Waals surface area contributed by atoms with Crippen LogP contribution in [0.4, 0.5) is 18.0 Å². The van der Waals surface area contributed by atoms with E-state index in [4.69, 9.17) is 11.6 Å². The van der Waals surface area contributed by atoms with Crippen molar-refractivity contribution in [2.75, 3.05) is 19.6 Å². The lowest BCUT2D eigenvalue weighted by Gasteiger charge is -2.26. The molecule has 9 nitrogen and oxygen atoms in total. The van der Waals surface area contributed by atoms with Gasteiger partial charge in [-0.25, -0.2) is 13.4 Å². The van der Waals surface area contributed by atoms with Gasteiger partial charge in [0.1, 0.15) is 5.82 Å². The van der Waals surface area contributed by atoms with E-state index in [1.165, 1.54) is 18.2 Å². The van der Waals surface area contributed by atoms with E-state index in [9.17, 15) is 36.3 Å². The van der Waals surface area contributed by atoms with Crippen molar-refractivity contribution in [1.29, 1.82) is 0 Å². The predicted molar refractivity (Wildman–Crippen MR) is 164 cm³/mol. The lowest BCUT2D eigenvalue weighted by molar-refractivity contribution is -0.259. The number of rotatable bonds is 10. The molecule has 0 N–H and O–H groups in total. The number of hydrogen-bond donors (Lipinski definition) is 0. The van der Waals surface area contributed by atoms with Crippen molar-refractivity contribution in [2.45, 2.75) is 56.5 Å². The maximum absolute atomic E-state index is 13.6. The van der Waals surface area contributed by atoms with Gasteiger partial charge in [0.15, 0.2) is 6.09 Å². The Morgan fingerprint density at radius 2 is 1.74 bits per heavy atom. The molecular formula is C32H31ClF3N4O5S-. The first-order valence-corrected chi connectivity index (χ1v) is 16.5. The Balaban J connectivity index is 1.41. The highest BCUT2D eigenvalue weighted by molar-refractivity contribution is 7.89. The molecule has 1 aliphatic rings. The minimum atomic E-state index is -4.67. The van der Waals surface area contributed by atoms with Crippen molar-refractivity contribution in [2.24, 2.45) is 0 Å². The minimum absolute atomic E-state index is 0.0432. The number of nitrogens with zero attached hydrogens (tertiary/aromatic N) is 4. The van der Waals surface area contributed by atoms with Gasteiger partial charge in [-0.1, -0.05) is 41.4 Å². The molecule has 4 aromatic rings. The Kier molecular flexibility index (Phi) is 9.64. The first-order chi connectivity index (χ1) is 21.8. The van der Waals surface area contributed by atoms with E-state index >= 15 is 0 Å². The number of carboxylic acid groups (broad SMARTS) is 1. The fourth-order valence-electron chi connectivity index (χ4n) is 5.54. The van der Waals surface area contributed by atoms with Crippen LogP contribution in [0.1, 0.15) is 48.2 Å². The molecule has 0 spiro atoms. The number of aryl methyl sites for hydroxylation is 2. The molecule has 0 radical (unpaired) electrons. The van der Waals surface area contributed by atoms with Crippen LogP contribution in [-0.2, 0) is 33.8 Å². The van der Waals surface area contributed by atoms with Crippen molar-refractivity contribution >= 4 is 44.7 Å². The monoisotopic (exact) mass is 675 g/mol. The van der Waals surface area contributed by atoms with E-state index in [0.717, 1.165) is 24.5 Å². The average molecular weight is 676 g/mol. The van der Waals surface area contributed by atoms with Gasteiger partial charge in [-0.15, -0.1) is 0 Å². The number of carbonyl (C=O) groups excluding carboxylic acids is 2. The van der Waals surface area contributed by atoms with E-state index in [2.05, 4.69) is 4.98 Å². The van der Waals surface area contributed by atoms with Crippen molar-refractivity contribution < 1.29 is 36.3 Å². The number of alkyl halides is 3. The summed E-state index contributed by atoms with van der Waals surface area (Å²) in [6, 6.07) is 14.7. The van der Waals surface area contributed by atoms with E-state index in [0.29, 0.717) is 59.2 Å². The standard InChI is InChI=1S/C32H32ClF3N4O5S/c1-21-7-13-24(14-8-21)46(44,45)39(31(42)43)18-15-22-9-11-23(12-10-22)40-28-20-26(33)25(32(34,35)36)19-27(28)37-29(40)5-4-17-38-16-3-2-6-30(38)41/h7-14,19-20H,2-6,15-18H2,1H3,(H,42,43)/p-1. The fraction of sp³-hybridized carbons (Fsp3) is 0.344. The molecule has 3 aromatic carbocycles. The molecule has 0 saturated carbocycles. The number of halogens is 4. The summed E-state index contributed by atoms with van der Waals surface area (Å²) < 4.78 is 68.8. The molecule has 14 heteroatoms. The lowest BCUT2D eigenvalue weighted by Crippen LogP contribution is -2.45. The molecule has 0 bridgehead atoms. The third kappa shape index (κ3) is 7.15. The summed E-state index contributed by atoms with van der Waals surface area (Å²) in [5, 5.41) is 11.3. The smallest absolute Gasteiger partial charge is 0.417 e. The van der Waals surface area contributed by atoms with Crippen LogP contribution in [0.25, 0.3) is 16.7 Å². The van der Waals surface area contributed by atoms with Crippen molar-refractivity contribution in [3.8, 4) is 5.69 Å². The van der Waals surface area contributed by atoms with Gasteiger partial charge >= 0.3 is 6.18 Å². The summed E-state index contributed by atoms with van der Waals surface area (Å²) in [6.07, 6.45) is -3.28. The van der Waals surface area contributed by atoms with Crippen molar-refractivity contribution in [3.05, 3.63) is 88.2 Å². The van der Waals surface area contributed by atoms with Gasteiger partial charge in [-0.2, -0.15) is 13.2 Å². The highest BCUT2D eigenvalue weighted by Crippen LogP contribution is 2.38. The van der Waals surface area contributed by atoms with Crippen LogP contribution in [-0.4, -0.2) is 58.8 Å². The zero-order valence-electron chi connectivity index (χ0n) is 24.9. The third-order valence-corrected chi connectivity index (χ3v) is 10.1. The number of carbonyl (C=O) groups is 2. The second-order valence-electron chi connectivity index (χ2n) is 11.2. The van der Waals surface area contributed by atoms with Gasteiger partial charge < -0.3 is 14.8 Å². The Hall–Kier alpha value is -4.10. The zero-order valence-corrected chi connectivity index (χ0v) is 26.5. The zero-order chi connectivity index (χ0) is 33.2. The van der Waals surface area contributed by atoms with Crippen LogP contribution in [0.15, 0.2) is 65.6 Å². The second-order valence-corrected chi connectivity index (χ2v) is 13.5. The third-order valence-electron chi connectivity index (χ3n) is 7.98. The summed E-state index contributed by atoms with van der Waals surface area (Å²) >= 11 is 6.08. The number of imidazole rings is 1. The number of hydrogen-bond acceptors (Lipinski definition) is 6. The number of amides is 2. The maximum Gasteiger partial charge on any atom is 0.417 e. The highest BCUT2D eigenvalue weighted by atomic mass is 35.5. The first kappa shape index (κ1) is 33.3. The normalized spacial score (nSPS) is 14.2. The summed E-state index contributed by atoms with van der Waals surface area (Å²) in [5.74, 6) is 0.566. The quantitative estimate of drug-likeness (QED) is 0.218. The molecule has 0 atom stereocenters. The predicted octanol–water partition coefficient (Wildman–Crippen LogP) is 5.53. The molecule has 2 heterocycles. The SMILES string of the molecule is Cc1ccc(S(=O)(=O)N(CCc2ccc(-n3c(CCCN4CCCCC4=O)nc4cc(C(F)(F)F)c(Cl)cc43)cc2)C(=O)[O-])cc1. The summed E-state index contributed by atoms with van der Waals surface area (Å²) in [7, 11) is -4.36. The lowest BCUT2D eigenvalue weighted by atomic mass is 10.1. The minimum Gasteiger partial charge on any atom is -0.529 e. The van der Waals surface area contributed by atoms with Gasteiger partial charge in [-0.3, -0.25) is 13.7 Å². The Morgan fingerprint density at radius 1 is 1.04 bits per heavy atom. The molecule has 0 aliphatic carbocycles. The van der Waals surface area contributed by atoms with Crippen LogP contribution in [0.3, 0.4) is 0 Å². The number of likely N-dealkylation sites (tertiary alicyclic amines) is 1. The maximum atomic E-state index is 13.6. The highest BCUT2D eigenvalue weighted by Gasteiger charge is 2.34. The molecule has 1 aliphatic heterocycles. The number of sulfonamides is 1. The molecule has 1 aromatic heterocycles. The second kappa shape index (κ2) is 13.3. The molecule has 1 saturated heterocycles. The van der Waals surface area contributed by atoms with Crippen LogP contribution in [0.5, 0.6) is 0 Å². The van der Waals surface area contributed by atoms with Gasteiger partial charge in [0.05, 0.1) is 26.5 Å². The fourth-order valence-corrected chi connectivity index (χ4v) is 7.06. The van der Waals surface area contributed by atoms with Crippen LogP contribution in [0.2, 0.25) is 5.02 Å². The van der Waals surface area contributed by atoms with E-state index in [1.54, 1.807) is 52.8 Å². The molecule has 46 heavy (non-hydrogen) atoms. The number of piperidine rings is 1. The Bertz CT molecular complexity index is 1860. The molecule has 0 unspecified atom stereocenters. The van der Waals surface area contributed by atoms with Crippen LogP contribution >= 0.6 is 11.6 Å². The van der Waals surface area contributed by atoms with Crippen molar-refractivity contribution in [3.63, 3.8) is 0 Å². The molecule has 2 amide bonds. The molecule has 244 valence electrons. The van der Waals surface area contributed by atoms with Gasteiger partial charge in [0.25, 0.3) is 10.0 Å². The largest absolute Gasteiger partial charge is 0.529 e. The number of benzene rings is 3. The summed E-state index contributed by atoms with van der Waals surface area (Å²) in [4.78, 5) is 30.2. The van der Waals surface area contributed by atoms with Gasteiger partial charge in [0, 0.05) is 38.2 Å². The van der Waals surface area contributed by atoms with Crippen LogP contribution < -0.4 is 5.11 Å². The van der Waals surface area contributed by atoms with Crippen molar-refractivity contribution in [1.82, 2.24) is 18.8 Å². The average Bonchev–Trinajstić information content (AvgIpc) is 3.34. The Labute approximate surface area is 269 Å². The van der Waals surface area contributed by atoms with Gasteiger partial charge in [-0.05, 0) is 74.6 Å². The molecular weight excluding hydrogens is 645 g/mol. The number of aromatic nitrogens is 2. The Morgan fingerprint density at radius 3 is 2.37 bits per heavy atom. The topological polar surface area (TPSA) is 116 Å². The first-order valence-electron chi connectivity index (χ1n) is 14.7. The van der Waals surface area contributed by atoms with E-state index in [-0.39, 0.29) is 29.3 Å². The summed E-state index contributed by atoms with van der Waals surface area (Å²) in [5.41, 5.74) is 1.47. The molecule has 1 fully saturated rings. The van der Waals surface area contributed by atoms with E-state index < -0.39 is 32.9 Å². The summed E-state index contributed by atoms with van der Waals surface area (Å²) in [6.45, 7) is 2.55. The van der Waals surface area contributed by atoms with Gasteiger partial charge in [0.2, 0.25) is 5.91 Å². The molecule has 5 rings (SSSR count). The number of fused-ring (bicyclic) bond motifs is 1.